The van der Waals surface area contributed by atoms with Crippen LogP contribution in [0.5, 0.6) is 5.75 Å². The summed E-state index contributed by atoms with van der Waals surface area (Å²) in [5.74, 6) is -0.110. The van der Waals surface area contributed by atoms with Crippen molar-refractivity contribution in [2.45, 2.75) is 53.1 Å². The molecule has 0 saturated heterocycles. The Labute approximate surface area is 195 Å². The minimum atomic E-state index is -0.482. The Balaban J connectivity index is 1.74. The van der Waals surface area contributed by atoms with Crippen molar-refractivity contribution >= 4 is 11.8 Å². The summed E-state index contributed by atoms with van der Waals surface area (Å²) in [6.07, 6.45) is 1.20. The SMILES string of the molecule is CCOC(=O)C1=C(C)NC2=C(C(=O)CC(C)(C)C2)[C@H]1c1cccc(OCc2ccccc2)c1. The second kappa shape index (κ2) is 9.26. The number of hydrogen-bond acceptors (Lipinski definition) is 5. The summed E-state index contributed by atoms with van der Waals surface area (Å²) < 4.78 is 11.4. The first-order chi connectivity index (χ1) is 15.8. The van der Waals surface area contributed by atoms with Gasteiger partial charge in [-0.2, -0.15) is 0 Å². The van der Waals surface area contributed by atoms with Crippen LogP contribution in [-0.4, -0.2) is 18.4 Å². The van der Waals surface area contributed by atoms with Gasteiger partial charge in [-0.3, -0.25) is 4.79 Å². The van der Waals surface area contributed by atoms with Crippen LogP contribution >= 0.6 is 0 Å². The van der Waals surface area contributed by atoms with E-state index in [0.717, 1.165) is 28.9 Å². The number of carbonyl (C=O) groups excluding carboxylic acids is 2. The van der Waals surface area contributed by atoms with Gasteiger partial charge in [0, 0.05) is 29.3 Å². The predicted octanol–water partition coefficient (Wildman–Crippen LogP) is 5.43. The topological polar surface area (TPSA) is 64.6 Å². The minimum absolute atomic E-state index is 0.0728. The summed E-state index contributed by atoms with van der Waals surface area (Å²) in [6, 6.07) is 17.7. The van der Waals surface area contributed by atoms with E-state index in [-0.39, 0.29) is 17.8 Å². The first-order valence-electron chi connectivity index (χ1n) is 11.5. The second-order valence-corrected chi connectivity index (χ2v) is 9.50. The van der Waals surface area contributed by atoms with E-state index < -0.39 is 11.9 Å². The van der Waals surface area contributed by atoms with Crippen molar-refractivity contribution in [1.82, 2.24) is 5.32 Å². The van der Waals surface area contributed by atoms with E-state index in [1.165, 1.54) is 0 Å². The van der Waals surface area contributed by atoms with Crippen LogP contribution in [0, 0.1) is 5.41 Å². The van der Waals surface area contributed by atoms with Crippen LogP contribution in [0.4, 0.5) is 0 Å². The average molecular weight is 446 g/mol. The first-order valence-corrected chi connectivity index (χ1v) is 11.5. The Hall–Kier alpha value is -3.34. The molecule has 0 saturated carbocycles. The van der Waals surface area contributed by atoms with E-state index in [9.17, 15) is 9.59 Å². The maximum absolute atomic E-state index is 13.4. The van der Waals surface area contributed by atoms with Gasteiger partial charge in [0.2, 0.25) is 0 Å². The number of esters is 1. The van der Waals surface area contributed by atoms with Gasteiger partial charge in [-0.25, -0.2) is 4.79 Å². The van der Waals surface area contributed by atoms with Crippen LogP contribution in [0.15, 0.2) is 77.1 Å². The number of carbonyl (C=O) groups is 2. The van der Waals surface area contributed by atoms with Crippen molar-refractivity contribution in [2.24, 2.45) is 5.41 Å². The van der Waals surface area contributed by atoms with Crippen LogP contribution in [0.3, 0.4) is 0 Å². The zero-order valence-corrected chi connectivity index (χ0v) is 19.7. The van der Waals surface area contributed by atoms with Crippen molar-refractivity contribution in [1.29, 1.82) is 0 Å². The third-order valence-corrected chi connectivity index (χ3v) is 6.17. The highest BCUT2D eigenvalue weighted by molar-refractivity contribution is 6.04. The molecule has 33 heavy (non-hydrogen) atoms. The maximum Gasteiger partial charge on any atom is 0.336 e. The Morgan fingerprint density at radius 2 is 1.85 bits per heavy atom. The highest BCUT2D eigenvalue weighted by Gasteiger charge is 2.43. The average Bonchev–Trinajstić information content (AvgIpc) is 2.77. The van der Waals surface area contributed by atoms with Crippen LogP contribution in [0.1, 0.15) is 57.6 Å². The molecule has 0 aromatic heterocycles. The fourth-order valence-corrected chi connectivity index (χ4v) is 4.77. The molecule has 1 N–H and O–H groups in total. The Kier molecular flexibility index (Phi) is 6.41. The molecular formula is C28H31NO4. The van der Waals surface area contributed by atoms with Gasteiger partial charge in [-0.1, -0.05) is 56.3 Å². The summed E-state index contributed by atoms with van der Waals surface area (Å²) in [5.41, 5.74) is 4.59. The van der Waals surface area contributed by atoms with Gasteiger partial charge in [0.1, 0.15) is 12.4 Å². The second-order valence-electron chi connectivity index (χ2n) is 9.50. The summed E-state index contributed by atoms with van der Waals surface area (Å²) in [6.45, 7) is 8.58. The number of hydrogen-bond donors (Lipinski definition) is 1. The van der Waals surface area contributed by atoms with Gasteiger partial charge in [-0.05, 0) is 48.9 Å². The molecule has 4 rings (SSSR count). The molecule has 1 heterocycles. The summed E-state index contributed by atoms with van der Waals surface area (Å²) in [5, 5.41) is 3.36. The van der Waals surface area contributed by atoms with E-state index in [2.05, 4.69) is 19.2 Å². The van der Waals surface area contributed by atoms with Crippen LogP contribution < -0.4 is 10.1 Å². The summed E-state index contributed by atoms with van der Waals surface area (Å²) in [4.78, 5) is 26.4. The van der Waals surface area contributed by atoms with Gasteiger partial charge in [0.25, 0.3) is 0 Å². The van der Waals surface area contributed by atoms with Gasteiger partial charge in [-0.15, -0.1) is 0 Å². The highest BCUT2D eigenvalue weighted by atomic mass is 16.5. The number of ether oxygens (including phenoxy) is 2. The lowest BCUT2D eigenvalue weighted by Crippen LogP contribution is -2.38. The maximum atomic E-state index is 13.4. The standard InChI is InChI=1S/C28H31NO4/c1-5-32-27(31)24-18(2)29-22-15-28(3,4)16-23(30)26(22)25(24)20-12-9-13-21(14-20)33-17-19-10-7-6-8-11-19/h6-14,25,29H,5,15-17H2,1-4H3/t25-/m0/s1. The number of dihydropyridines is 1. The van der Waals surface area contributed by atoms with E-state index in [0.29, 0.717) is 29.9 Å². The third kappa shape index (κ3) is 4.87. The molecule has 0 spiro atoms. The third-order valence-electron chi connectivity index (χ3n) is 6.17. The quantitative estimate of drug-likeness (QED) is 0.601. The number of rotatable bonds is 6. The summed E-state index contributed by atoms with van der Waals surface area (Å²) >= 11 is 0. The van der Waals surface area contributed by atoms with E-state index >= 15 is 0 Å². The van der Waals surface area contributed by atoms with Gasteiger partial charge < -0.3 is 14.8 Å². The van der Waals surface area contributed by atoms with E-state index in [4.69, 9.17) is 9.47 Å². The van der Waals surface area contributed by atoms with Crippen molar-refractivity contribution in [2.75, 3.05) is 6.61 Å². The van der Waals surface area contributed by atoms with Gasteiger partial charge in [0.15, 0.2) is 5.78 Å². The number of allylic oxidation sites excluding steroid dienone is 3. The lowest BCUT2D eigenvalue weighted by Gasteiger charge is -2.39. The van der Waals surface area contributed by atoms with Crippen molar-refractivity contribution in [3.8, 4) is 5.75 Å². The smallest absolute Gasteiger partial charge is 0.336 e. The first kappa shape index (κ1) is 22.8. The largest absolute Gasteiger partial charge is 0.489 e. The number of Topliss-reactive ketones (excluding diaryl/α,β-unsaturated/α-hetero) is 1. The molecule has 0 radical (unpaired) electrons. The molecular weight excluding hydrogens is 414 g/mol. The predicted molar refractivity (Wildman–Crippen MR) is 127 cm³/mol. The monoisotopic (exact) mass is 445 g/mol. The number of nitrogens with one attached hydrogen (secondary N) is 1. The molecule has 2 aliphatic rings. The lowest BCUT2D eigenvalue weighted by atomic mass is 9.68. The molecule has 172 valence electrons. The molecule has 0 unspecified atom stereocenters. The van der Waals surface area contributed by atoms with Crippen LogP contribution in [0.2, 0.25) is 0 Å². The van der Waals surface area contributed by atoms with Gasteiger partial charge >= 0.3 is 5.97 Å². The Morgan fingerprint density at radius 1 is 1.09 bits per heavy atom. The summed E-state index contributed by atoms with van der Waals surface area (Å²) in [7, 11) is 0. The molecule has 0 amide bonds. The van der Waals surface area contributed by atoms with Crippen LogP contribution in [0.25, 0.3) is 0 Å². The molecule has 1 aliphatic heterocycles. The van der Waals surface area contributed by atoms with Crippen LogP contribution in [-0.2, 0) is 20.9 Å². The molecule has 5 nitrogen and oxygen atoms in total. The number of ketones is 1. The molecule has 0 bridgehead atoms. The Bertz CT molecular complexity index is 1130. The zero-order valence-electron chi connectivity index (χ0n) is 19.7. The Morgan fingerprint density at radius 3 is 2.58 bits per heavy atom. The minimum Gasteiger partial charge on any atom is -0.489 e. The van der Waals surface area contributed by atoms with E-state index in [1.807, 2.05) is 61.5 Å². The fourth-order valence-electron chi connectivity index (χ4n) is 4.77. The van der Waals surface area contributed by atoms with Crippen molar-refractivity contribution < 1.29 is 19.1 Å². The van der Waals surface area contributed by atoms with E-state index in [1.54, 1.807) is 6.92 Å². The fraction of sp³-hybridized carbons (Fsp3) is 0.357. The van der Waals surface area contributed by atoms with Gasteiger partial charge in [0.05, 0.1) is 12.2 Å². The normalized spacial score (nSPS) is 19.6. The lowest BCUT2D eigenvalue weighted by molar-refractivity contribution is -0.138. The molecule has 2 aromatic rings. The molecule has 5 heteroatoms. The molecule has 1 aliphatic carbocycles. The molecule has 1 atom stereocenters. The highest BCUT2D eigenvalue weighted by Crippen LogP contribution is 2.47. The number of benzene rings is 2. The molecule has 2 aromatic carbocycles. The zero-order chi connectivity index (χ0) is 23.6. The van der Waals surface area contributed by atoms with Crippen molar-refractivity contribution in [3.05, 3.63) is 88.3 Å². The molecule has 0 fully saturated rings. The van der Waals surface area contributed by atoms with Crippen molar-refractivity contribution in [3.63, 3.8) is 0 Å².